The highest BCUT2D eigenvalue weighted by molar-refractivity contribution is 6.30. The zero-order valence-electron chi connectivity index (χ0n) is 18.7. The maximum absolute atomic E-state index is 6.39. The van der Waals surface area contributed by atoms with Crippen LogP contribution in [0, 0.1) is 0 Å². The van der Waals surface area contributed by atoms with Gasteiger partial charge in [-0.2, -0.15) is 0 Å². The molecule has 0 bridgehead atoms. The Balaban J connectivity index is 1.50. The number of rotatable bonds is 5. The minimum atomic E-state index is -0.0751. The fourth-order valence-corrected chi connectivity index (χ4v) is 5.36. The fraction of sp³-hybridized carbons (Fsp3) is 0.481. The Morgan fingerprint density at radius 3 is 2.43 bits per heavy atom. The predicted octanol–water partition coefficient (Wildman–Crippen LogP) is 6.86. The molecule has 30 heavy (non-hydrogen) atoms. The summed E-state index contributed by atoms with van der Waals surface area (Å²) < 4.78 is 6.39. The molecule has 2 aromatic carbocycles. The van der Waals surface area contributed by atoms with Crippen molar-refractivity contribution < 1.29 is 4.74 Å². The van der Waals surface area contributed by atoms with Crippen LogP contribution >= 0.6 is 11.6 Å². The maximum Gasteiger partial charge on any atom is 0.0963 e. The Bertz CT molecular complexity index is 903. The van der Waals surface area contributed by atoms with E-state index in [2.05, 4.69) is 75.1 Å². The van der Waals surface area contributed by atoms with Crippen LogP contribution in [-0.4, -0.2) is 24.0 Å². The largest absolute Gasteiger partial charge is 0.365 e. The molecule has 1 spiro atoms. The third kappa shape index (κ3) is 4.37. The van der Waals surface area contributed by atoms with Crippen LogP contribution in [0.15, 0.2) is 60.2 Å². The summed E-state index contributed by atoms with van der Waals surface area (Å²) in [5.74, 6) is 0. The van der Waals surface area contributed by atoms with Gasteiger partial charge in [0.05, 0.1) is 12.2 Å². The van der Waals surface area contributed by atoms with E-state index in [1.165, 1.54) is 22.3 Å². The molecule has 1 saturated heterocycles. The maximum atomic E-state index is 6.39. The van der Waals surface area contributed by atoms with Gasteiger partial charge in [0.2, 0.25) is 0 Å². The number of likely N-dealkylation sites (tertiary alicyclic amines) is 1. The molecule has 0 N–H and O–H groups in total. The number of fused-ring (bicyclic) bond motifs is 2. The number of hydrogen-bond acceptors (Lipinski definition) is 2. The molecule has 2 aliphatic heterocycles. The first-order chi connectivity index (χ1) is 14.3. The van der Waals surface area contributed by atoms with Crippen LogP contribution in [0.25, 0.3) is 0 Å². The second-order valence-corrected chi connectivity index (χ2v) is 10.3. The first kappa shape index (κ1) is 21.6. The number of halogens is 1. The van der Waals surface area contributed by atoms with Gasteiger partial charge in [0.1, 0.15) is 0 Å². The Morgan fingerprint density at radius 1 is 1.10 bits per heavy atom. The first-order valence-corrected chi connectivity index (χ1v) is 11.5. The van der Waals surface area contributed by atoms with Crippen LogP contribution in [-0.2, 0) is 22.4 Å². The zero-order chi connectivity index (χ0) is 21.4. The van der Waals surface area contributed by atoms with Crippen LogP contribution in [0.1, 0.15) is 63.6 Å². The van der Waals surface area contributed by atoms with E-state index in [4.69, 9.17) is 16.3 Å². The second-order valence-electron chi connectivity index (χ2n) is 9.88. The van der Waals surface area contributed by atoms with E-state index in [-0.39, 0.29) is 11.0 Å². The van der Waals surface area contributed by atoms with Gasteiger partial charge in [-0.05, 0) is 67.3 Å². The Morgan fingerprint density at radius 2 is 1.77 bits per heavy atom. The lowest BCUT2D eigenvalue weighted by Gasteiger charge is -2.44. The van der Waals surface area contributed by atoms with E-state index >= 15 is 0 Å². The van der Waals surface area contributed by atoms with Crippen molar-refractivity contribution in [2.75, 3.05) is 13.1 Å². The summed E-state index contributed by atoms with van der Waals surface area (Å²) >= 11 is 6.12. The molecule has 0 saturated carbocycles. The molecule has 1 unspecified atom stereocenters. The van der Waals surface area contributed by atoms with Gasteiger partial charge in [0, 0.05) is 24.2 Å². The van der Waals surface area contributed by atoms with Crippen molar-refractivity contribution in [3.05, 3.63) is 81.9 Å². The van der Waals surface area contributed by atoms with E-state index in [0.717, 1.165) is 44.0 Å². The second kappa shape index (κ2) is 8.49. The standard InChI is InChI=1S/C27H34ClNO/c1-20(2)17-24(18-26(3,4)22-9-11-23(28)12-10-22)29-15-13-27(14-16-29)25-8-6-5-7-21(25)19-30-27/h5-12,17,24H,13-16,18-19H2,1-4H3. The molecule has 3 heteroatoms. The first-order valence-electron chi connectivity index (χ1n) is 11.2. The Hall–Kier alpha value is -1.61. The van der Waals surface area contributed by atoms with Gasteiger partial charge >= 0.3 is 0 Å². The lowest BCUT2D eigenvalue weighted by Crippen LogP contribution is -2.48. The number of hydrogen-bond donors (Lipinski definition) is 0. The summed E-state index contributed by atoms with van der Waals surface area (Å²) in [6.45, 7) is 12.0. The average molecular weight is 424 g/mol. The third-order valence-electron chi connectivity index (χ3n) is 6.96. The monoisotopic (exact) mass is 423 g/mol. The molecule has 2 aliphatic rings. The number of ether oxygens (including phenoxy) is 1. The summed E-state index contributed by atoms with van der Waals surface area (Å²) in [6, 6.07) is 17.6. The zero-order valence-corrected chi connectivity index (χ0v) is 19.5. The van der Waals surface area contributed by atoms with Crippen LogP contribution in [0.2, 0.25) is 5.02 Å². The van der Waals surface area contributed by atoms with Crippen molar-refractivity contribution in [2.24, 2.45) is 0 Å². The molecular formula is C27H34ClNO. The smallest absolute Gasteiger partial charge is 0.0963 e. The van der Waals surface area contributed by atoms with Crippen LogP contribution in [0.4, 0.5) is 0 Å². The SMILES string of the molecule is CC(C)=CC(CC(C)(C)c1ccc(Cl)cc1)N1CCC2(CC1)OCc1ccccc12. The number of nitrogens with zero attached hydrogens (tertiary/aromatic N) is 1. The molecule has 4 rings (SSSR count). The highest BCUT2D eigenvalue weighted by Gasteiger charge is 2.43. The van der Waals surface area contributed by atoms with Gasteiger partial charge in [-0.25, -0.2) is 0 Å². The molecule has 2 heterocycles. The average Bonchev–Trinajstić information content (AvgIpc) is 3.06. The van der Waals surface area contributed by atoms with Gasteiger partial charge < -0.3 is 4.74 Å². The number of piperidine rings is 1. The topological polar surface area (TPSA) is 12.5 Å². The van der Waals surface area contributed by atoms with Gasteiger partial charge in [0.15, 0.2) is 0 Å². The van der Waals surface area contributed by atoms with E-state index in [0.29, 0.717) is 6.04 Å². The Labute approximate surface area is 186 Å². The van der Waals surface area contributed by atoms with Gasteiger partial charge in [-0.15, -0.1) is 0 Å². The predicted molar refractivity (Wildman–Crippen MR) is 126 cm³/mol. The third-order valence-corrected chi connectivity index (χ3v) is 7.21. The quantitative estimate of drug-likeness (QED) is 0.487. The minimum Gasteiger partial charge on any atom is -0.365 e. The fourth-order valence-electron chi connectivity index (χ4n) is 5.23. The van der Waals surface area contributed by atoms with E-state index in [9.17, 15) is 0 Å². The molecule has 0 aromatic heterocycles. The summed E-state index contributed by atoms with van der Waals surface area (Å²) in [7, 11) is 0. The lowest BCUT2D eigenvalue weighted by atomic mass is 9.77. The molecule has 0 aliphatic carbocycles. The van der Waals surface area contributed by atoms with E-state index < -0.39 is 0 Å². The minimum absolute atomic E-state index is 0.0751. The van der Waals surface area contributed by atoms with Crippen LogP contribution < -0.4 is 0 Å². The molecule has 0 amide bonds. The molecule has 160 valence electrons. The van der Waals surface area contributed by atoms with Crippen LogP contribution in [0.5, 0.6) is 0 Å². The Kier molecular flexibility index (Phi) is 6.12. The van der Waals surface area contributed by atoms with Crippen molar-refractivity contribution in [3.8, 4) is 0 Å². The molecule has 1 atom stereocenters. The molecule has 0 radical (unpaired) electrons. The van der Waals surface area contributed by atoms with Crippen molar-refractivity contribution in [3.63, 3.8) is 0 Å². The summed E-state index contributed by atoms with van der Waals surface area (Å²) in [6.07, 6.45) is 5.68. The molecule has 2 aromatic rings. The molecule has 1 fully saturated rings. The highest BCUT2D eigenvalue weighted by atomic mass is 35.5. The number of benzene rings is 2. The molecule has 2 nitrogen and oxygen atoms in total. The number of allylic oxidation sites excluding steroid dienone is 1. The lowest BCUT2D eigenvalue weighted by molar-refractivity contribution is -0.0830. The normalized spacial score (nSPS) is 19.5. The summed E-state index contributed by atoms with van der Waals surface area (Å²) in [4.78, 5) is 2.67. The van der Waals surface area contributed by atoms with Crippen molar-refractivity contribution in [1.82, 2.24) is 4.90 Å². The van der Waals surface area contributed by atoms with Crippen molar-refractivity contribution in [1.29, 1.82) is 0 Å². The summed E-state index contributed by atoms with van der Waals surface area (Å²) in [5, 5.41) is 0.800. The van der Waals surface area contributed by atoms with Gasteiger partial charge in [0.25, 0.3) is 0 Å². The van der Waals surface area contributed by atoms with Crippen molar-refractivity contribution >= 4 is 11.6 Å². The summed E-state index contributed by atoms with van der Waals surface area (Å²) in [5.41, 5.74) is 5.53. The van der Waals surface area contributed by atoms with Gasteiger partial charge in [-0.3, -0.25) is 4.90 Å². The highest BCUT2D eigenvalue weighted by Crippen LogP contribution is 2.45. The van der Waals surface area contributed by atoms with Gasteiger partial charge in [-0.1, -0.05) is 73.5 Å². The van der Waals surface area contributed by atoms with E-state index in [1.807, 2.05) is 12.1 Å². The molecular weight excluding hydrogens is 390 g/mol. The van der Waals surface area contributed by atoms with E-state index in [1.54, 1.807) is 0 Å². The van der Waals surface area contributed by atoms with Crippen LogP contribution in [0.3, 0.4) is 0 Å². The van der Waals surface area contributed by atoms with Crippen molar-refractivity contribution in [2.45, 2.75) is 70.6 Å².